The van der Waals surface area contributed by atoms with Gasteiger partial charge < -0.3 is 9.47 Å². The highest BCUT2D eigenvalue weighted by atomic mass is 19.4. The molecule has 1 amide bonds. The van der Waals surface area contributed by atoms with Gasteiger partial charge >= 0.3 is 6.18 Å². The van der Waals surface area contributed by atoms with Crippen LogP contribution in [0.1, 0.15) is 16.8 Å². The van der Waals surface area contributed by atoms with Crippen LogP contribution in [0.25, 0.3) is 0 Å². The van der Waals surface area contributed by atoms with Gasteiger partial charge in [0.05, 0.1) is 19.6 Å². The molecule has 0 atom stereocenters. The molecule has 1 aromatic rings. The lowest BCUT2D eigenvalue weighted by Crippen LogP contribution is -2.29. The van der Waals surface area contributed by atoms with Gasteiger partial charge in [-0.2, -0.15) is 13.2 Å². The minimum absolute atomic E-state index is 0.0311. The van der Waals surface area contributed by atoms with Crippen LogP contribution in [0.2, 0.25) is 0 Å². The van der Waals surface area contributed by atoms with Gasteiger partial charge in [-0.15, -0.1) is 0 Å². The molecule has 0 unspecified atom stereocenters. The fraction of sp³-hybridized carbons (Fsp3) is 0.417. The summed E-state index contributed by atoms with van der Waals surface area (Å²) in [6.07, 6.45) is -5.20. The molecule has 5 nitrogen and oxygen atoms in total. The van der Waals surface area contributed by atoms with E-state index in [1.54, 1.807) is 18.2 Å². The number of ether oxygens (including phenoxy) is 2. The Bertz CT molecular complexity index is 438. The highest BCUT2D eigenvalue weighted by Crippen LogP contribution is 2.19. The SMILES string of the molecule is NNC(=O)c1cccc(OCCOCCC(F)(F)F)c1. The highest BCUT2D eigenvalue weighted by Gasteiger charge is 2.26. The van der Waals surface area contributed by atoms with Crippen molar-refractivity contribution in [2.75, 3.05) is 19.8 Å². The molecular formula is C12H15F3N2O3. The summed E-state index contributed by atoms with van der Waals surface area (Å²) >= 11 is 0. The average Bonchev–Trinajstić information content (AvgIpc) is 2.41. The molecule has 0 saturated carbocycles. The molecule has 0 bridgehead atoms. The number of hydrazine groups is 1. The molecule has 0 heterocycles. The summed E-state index contributed by atoms with van der Waals surface area (Å²) in [6.45, 7) is -0.280. The Kier molecular flexibility index (Phi) is 6.26. The Morgan fingerprint density at radius 3 is 2.65 bits per heavy atom. The number of hydrogen-bond donors (Lipinski definition) is 2. The minimum Gasteiger partial charge on any atom is -0.491 e. The van der Waals surface area contributed by atoms with Crippen molar-refractivity contribution in [2.24, 2.45) is 5.84 Å². The average molecular weight is 292 g/mol. The van der Waals surface area contributed by atoms with Gasteiger partial charge in [0, 0.05) is 5.56 Å². The summed E-state index contributed by atoms with van der Waals surface area (Å²) in [5.74, 6) is 4.94. The van der Waals surface area contributed by atoms with E-state index in [9.17, 15) is 18.0 Å². The molecule has 20 heavy (non-hydrogen) atoms. The first-order valence-corrected chi connectivity index (χ1v) is 5.80. The molecule has 112 valence electrons. The van der Waals surface area contributed by atoms with E-state index >= 15 is 0 Å². The topological polar surface area (TPSA) is 73.6 Å². The number of nitrogen functional groups attached to an aromatic ring is 1. The van der Waals surface area contributed by atoms with Gasteiger partial charge in [-0.1, -0.05) is 6.07 Å². The first-order chi connectivity index (χ1) is 9.42. The van der Waals surface area contributed by atoms with E-state index in [1.165, 1.54) is 6.07 Å². The van der Waals surface area contributed by atoms with Gasteiger partial charge in [0.1, 0.15) is 12.4 Å². The molecule has 1 rings (SSSR count). The van der Waals surface area contributed by atoms with E-state index in [1.807, 2.05) is 5.43 Å². The van der Waals surface area contributed by atoms with E-state index < -0.39 is 25.1 Å². The number of amides is 1. The third-order valence-corrected chi connectivity index (χ3v) is 2.25. The van der Waals surface area contributed by atoms with Gasteiger partial charge in [0.15, 0.2) is 0 Å². The third kappa shape index (κ3) is 6.39. The second-order valence-corrected chi connectivity index (χ2v) is 3.83. The maximum atomic E-state index is 11.8. The van der Waals surface area contributed by atoms with Crippen LogP contribution in [0.15, 0.2) is 24.3 Å². The van der Waals surface area contributed by atoms with Gasteiger partial charge in [-0.25, -0.2) is 5.84 Å². The number of benzene rings is 1. The van der Waals surface area contributed by atoms with Gasteiger partial charge in [0.25, 0.3) is 5.91 Å². The van der Waals surface area contributed by atoms with Crippen molar-refractivity contribution in [3.8, 4) is 5.75 Å². The van der Waals surface area contributed by atoms with E-state index in [4.69, 9.17) is 15.3 Å². The normalized spacial score (nSPS) is 11.2. The van der Waals surface area contributed by atoms with Crippen molar-refractivity contribution in [3.63, 3.8) is 0 Å². The number of carbonyl (C=O) groups is 1. The lowest BCUT2D eigenvalue weighted by Gasteiger charge is -2.09. The van der Waals surface area contributed by atoms with Crippen molar-refractivity contribution in [1.82, 2.24) is 5.43 Å². The Labute approximate surface area is 113 Å². The van der Waals surface area contributed by atoms with Crippen molar-refractivity contribution in [3.05, 3.63) is 29.8 Å². The van der Waals surface area contributed by atoms with E-state index in [-0.39, 0.29) is 13.2 Å². The molecule has 1 aromatic carbocycles. The lowest BCUT2D eigenvalue weighted by atomic mass is 10.2. The van der Waals surface area contributed by atoms with E-state index in [0.29, 0.717) is 11.3 Å². The molecular weight excluding hydrogens is 277 g/mol. The number of rotatable bonds is 7. The number of halogens is 3. The van der Waals surface area contributed by atoms with Crippen LogP contribution in [-0.2, 0) is 4.74 Å². The zero-order valence-electron chi connectivity index (χ0n) is 10.6. The van der Waals surface area contributed by atoms with Crippen molar-refractivity contribution >= 4 is 5.91 Å². The van der Waals surface area contributed by atoms with E-state index in [0.717, 1.165) is 0 Å². The zero-order valence-corrected chi connectivity index (χ0v) is 10.6. The van der Waals surface area contributed by atoms with E-state index in [2.05, 4.69) is 0 Å². The molecule has 3 N–H and O–H groups in total. The number of nitrogens with one attached hydrogen (secondary N) is 1. The van der Waals surface area contributed by atoms with Crippen molar-refractivity contribution < 1.29 is 27.4 Å². The second-order valence-electron chi connectivity index (χ2n) is 3.83. The number of hydrogen-bond acceptors (Lipinski definition) is 4. The zero-order chi connectivity index (χ0) is 15.0. The van der Waals surface area contributed by atoms with Crippen LogP contribution >= 0.6 is 0 Å². The summed E-state index contributed by atoms with van der Waals surface area (Å²) in [7, 11) is 0. The quantitative estimate of drug-likeness (QED) is 0.347. The van der Waals surface area contributed by atoms with Crippen LogP contribution in [0.5, 0.6) is 5.75 Å². The Balaban J connectivity index is 2.27. The predicted octanol–water partition coefficient (Wildman–Crippen LogP) is 1.64. The second kappa shape index (κ2) is 7.71. The molecule has 0 saturated heterocycles. The van der Waals surface area contributed by atoms with Gasteiger partial charge in [0.2, 0.25) is 0 Å². The summed E-state index contributed by atoms with van der Waals surface area (Å²) < 4.78 is 45.5. The molecule has 0 radical (unpaired) electrons. The summed E-state index contributed by atoms with van der Waals surface area (Å²) in [5, 5.41) is 0. The van der Waals surface area contributed by atoms with Gasteiger partial charge in [-0.05, 0) is 18.2 Å². The Hall–Kier alpha value is -1.80. The van der Waals surface area contributed by atoms with Crippen molar-refractivity contribution in [2.45, 2.75) is 12.6 Å². The molecule has 0 aliphatic rings. The minimum atomic E-state index is -4.22. The third-order valence-electron chi connectivity index (χ3n) is 2.25. The standard InChI is InChI=1S/C12H15F3N2O3/c13-12(14,15)4-5-19-6-7-20-10-3-1-2-9(8-10)11(18)17-16/h1-3,8H,4-7,16H2,(H,17,18). The number of alkyl halides is 3. The van der Waals surface area contributed by atoms with Crippen LogP contribution < -0.4 is 16.0 Å². The monoisotopic (exact) mass is 292 g/mol. The smallest absolute Gasteiger partial charge is 0.391 e. The number of nitrogens with two attached hydrogens (primary N) is 1. The number of carbonyl (C=O) groups excluding carboxylic acids is 1. The predicted molar refractivity (Wildman–Crippen MR) is 65.1 cm³/mol. The molecule has 8 heteroatoms. The first-order valence-electron chi connectivity index (χ1n) is 5.80. The van der Waals surface area contributed by atoms with Crippen LogP contribution in [0.4, 0.5) is 13.2 Å². The molecule has 0 fully saturated rings. The summed E-state index contributed by atoms with van der Waals surface area (Å²) in [6, 6.07) is 6.24. The van der Waals surface area contributed by atoms with Crippen LogP contribution in [0, 0.1) is 0 Å². The highest BCUT2D eigenvalue weighted by molar-refractivity contribution is 5.94. The maximum absolute atomic E-state index is 11.8. The van der Waals surface area contributed by atoms with Gasteiger partial charge in [-0.3, -0.25) is 10.2 Å². The lowest BCUT2D eigenvalue weighted by molar-refractivity contribution is -0.145. The summed E-state index contributed by atoms with van der Waals surface area (Å²) in [5.41, 5.74) is 2.30. The molecule has 0 aliphatic heterocycles. The fourth-order valence-corrected chi connectivity index (χ4v) is 1.32. The summed E-state index contributed by atoms with van der Waals surface area (Å²) in [4.78, 5) is 11.3. The van der Waals surface area contributed by atoms with Crippen LogP contribution in [-0.4, -0.2) is 31.9 Å². The Morgan fingerprint density at radius 1 is 1.25 bits per heavy atom. The molecule has 0 aliphatic carbocycles. The first kappa shape index (κ1) is 16.3. The Morgan fingerprint density at radius 2 is 2.00 bits per heavy atom. The van der Waals surface area contributed by atoms with Crippen molar-refractivity contribution in [1.29, 1.82) is 0 Å². The molecule has 0 spiro atoms. The largest absolute Gasteiger partial charge is 0.491 e. The fourth-order valence-electron chi connectivity index (χ4n) is 1.32. The molecule has 0 aromatic heterocycles. The maximum Gasteiger partial charge on any atom is 0.391 e. The van der Waals surface area contributed by atoms with Crippen LogP contribution in [0.3, 0.4) is 0 Å².